The first-order valence-electron chi connectivity index (χ1n) is 8.28. The number of Topliss-reactive ketones (excluding diaryl/α,β-unsaturated/α-hetero) is 1. The van der Waals surface area contributed by atoms with Crippen LogP contribution in [0, 0.1) is 0 Å². The topological polar surface area (TPSA) is 81.7 Å². The molecule has 1 aliphatic rings. The zero-order valence-electron chi connectivity index (χ0n) is 14.4. The fourth-order valence-corrected chi connectivity index (χ4v) is 2.76. The van der Waals surface area contributed by atoms with Gasteiger partial charge in [-0.3, -0.25) is 9.59 Å². The Morgan fingerprint density at radius 1 is 1.04 bits per heavy atom. The number of benzene rings is 2. The Balaban J connectivity index is 1.60. The zero-order chi connectivity index (χ0) is 18.5. The number of ketones is 1. The van der Waals surface area contributed by atoms with Crippen molar-refractivity contribution in [2.45, 2.75) is 19.4 Å². The molecular formula is C20H19NO5. The predicted molar refractivity (Wildman–Crippen MR) is 95.2 cm³/mol. The summed E-state index contributed by atoms with van der Waals surface area (Å²) < 4.78 is 10.1. The quantitative estimate of drug-likeness (QED) is 0.638. The van der Waals surface area contributed by atoms with Gasteiger partial charge in [-0.15, -0.1) is 0 Å². The molecule has 0 saturated carbocycles. The molecule has 3 rings (SSSR count). The van der Waals surface area contributed by atoms with Crippen molar-refractivity contribution >= 4 is 23.3 Å². The third-order valence-corrected chi connectivity index (χ3v) is 4.16. The van der Waals surface area contributed by atoms with Gasteiger partial charge in [-0.05, 0) is 47.9 Å². The lowest BCUT2D eigenvalue weighted by Gasteiger charge is -2.17. The smallest absolute Gasteiger partial charge is 0.338 e. The lowest BCUT2D eigenvalue weighted by Crippen LogP contribution is -2.20. The van der Waals surface area contributed by atoms with Gasteiger partial charge in [0.15, 0.2) is 12.4 Å². The van der Waals surface area contributed by atoms with Gasteiger partial charge in [0.25, 0.3) is 0 Å². The van der Waals surface area contributed by atoms with Crippen molar-refractivity contribution in [2.24, 2.45) is 0 Å². The van der Waals surface area contributed by atoms with Crippen LogP contribution in [-0.4, -0.2) is 31.4 Å². The molecule has 2 aromatic rings. The van der Waals surface area contributed by atoms with Gasteiger partial charge in [-0.25, -0.2) is 4.79 Å². The Morgan fingerprint density at radius 2 is 1.77 bits per heavy atom. The fourth-order valence-electron chi connectivity index (χ4n) is 2.76. The molecule has 1 aliphatic heterocycles. The lowest BCUT2D eigenvalue weighted by atomic mass is 9.99. The molecule has 0 unspecified atom stereocenters. The average molecular weight is 353 g/mol. The minimum atomic E-state index is -0.549. The molecule has 0 saturated heterocycles. The van der Waals surface area contributed by atoms with E-state index < -0.39 is 5.97 Å². The number of anilines is 1. The van der Waals surface area contributed by atoms with Crippen molar-refractivity contribution in [3.8, 4) is 0 Å². The third kappa shape index (κ3) is 4.15. The highest BCUT2D eigenvalue weighted by molar-refractivity contribution is 6.01. The minimum Gasteiger partial charge on any atom is -0.454 e. The first-order valence-corrected chi connectivity index (χ1v) is 8.28. The van der Waals surface area contributed by atoms with E-state index in [0.29, 0.717) is 30.6 Å². The van der Waals surface area contributed by atoms with E-state index in [4.69, 9.17) is 9.47 Å². The Morgan fingerprint density at radius 3 is 2.50 bits per heavy atom. The minimum absolute atomic E-state index is 0.0259. The molecule has 0 fully saturated rings. The van der Waals surface area contributed by atoms with Crippen LogP contribution in [0.2, 0.25) is 0 Å². The standard InChI is InChI=1S/C20H19NO5/c1-25-11-13-2-4-14(5-3-13)20(24)26-12-18(22)16-6-8-17-15(10-16)7-9-19(23)21-17/h2-6,8,10H,7,9,11-12H2,1H3,(H,21,23). The lowest BCUT2D eigenvalue weighted by molar-refractivity contribution is -0.116. The number of esters is 1. The van der Waals surface area contributed by atoms with Gasteiger partial charge >= 0.3 is 5.97 Å². The molecule has 0 aliphatic carbocycles. The Bertz CT molecular complexity index is 842. The molecule has 134 valence electrons. The van der Waals surface area contributed by atoms with Gasteiger partial charge in [0.1, 0.15) is 0 Å². The van der Waals surface area contributed by atoms with Gasteiger partial charge in [-0.2, -0.15) is 0 Å². The molecule has 1 amide bonds. The summed E-state index contributed by atoms with van der Waals surface area (Å²) in [4.78, 5) is 35.7. The molecule has 0 spiro atoms. The van der Waals surface area contributed by atoms with Gasteiger partial charge in [0.05, 0.1) is 12.2 Å². The van der Waals surface area contributed by atoms with Crippen molar-refractivity contribution in [1.82, 2.24) is 0 Å². The van der Waals surface area contributed by atoms with E-state index in [1.807, 2.05) is 0 Å². The number of amides is 1. The van der Waals surface area contributed by atoms with Crippen LogP contribution in [0.3, 0.4) is 0 Å². The van der Waals surface area contributed by atoms with E-state index >= 15 is 0 Å². The number of fused-ring (bicyclic) bond motifs is 1. The van der Waals surface area contributed by atoms with Gasteiger partial charge in [-0.1, -0.05) is 12.1 Å². The summed E-state index contributed by atoms with van der Waals surface area (Å²) in [5.41, 5.74) is 3.43. The molecule has 6 nitrogen and oxygen atoms in total. The summed E-state index contributed by atoms with van der Waals surface area (Å²) in [6.45, 7) is 0.135. The van der Waals surface area contributed by atoms with Crippen molar-refractivity contribution in [2.75, 3.05) is 19.0 Å². The summed E-state index contributed by atoms with van der Waals surface area (Å²) in [7, 11) is 1.60. The summed E-state index contributed by atoms with van der Waals surface area (Å²) in [6, 6.07) is 11.9. The van der Waals surface area contributed by atoms with Crippen LogP contribution in [0.4, 0.5) is 5.69 Å². The van der Waals surface area contributed by atoms with Gasteiger partial charge in [0.2, 0.25) is 5.91 Å². The van der Waals surface area contributed by atoms with E-state index in [9.17, 15) is 14.4 Å². The summed E-state index contributed by atoms with van der Waals surface area (Å²) in [6.07, 6.45) is 0.995. The number of hydrogen-bond acceptors (Lipinski definition) is 5. The summed E-state index contributed by atoms with van der Waals surface area (Å²) in [5, 5.41) is 2.77. The van der Waals surface area contributed by atoms with Crippen LogP contribution >= 0.6 is 0 Å². The highest BCUT2D eigenvalue weighted by Crippen LogP contribution is 2.23. The fraction of sp³-hybridized carbons (Fsp3) is 0.250. The maximum absolute atomic E-state index is 12.3. The Kier molecular flexibility index (Phi) is 5.43. The first kappa shape index (κ1) is 17.8. The highest BCUT2D eigenvalue weighted by atomic mass is 16.5. The van der Waals surface area contributed by atoms with Crippen molar-refractivity contribution in [3.05, 3.63) is 64.7 Å². The second-order valence-electron chi connectivity index (χ2n) is 6.05. The number of hydrogen-bond donors (Lipinski definition) is 1. The Labute approximate surface area is 151 Å². The Hall–Kier alpha value is -2.99. The first-order chi connectivity index (χ1) is 12.6. The van der Waals surface area contributed by atoms with Crippen LogP contribution in [0.15, 0.2) is 42.5 Å². The molecular weight excluding hydrogens is 334 g/mol. The summed E-state index contributed by atoms with van der Waals surface area (Å²) >= 11 is 0. The van der Waals surface area contributed by atoms with Crippen LogP contribution < -0.4 is 5.32 Å². The van der Waals surface area contributed by atoms with Crippen molar-refractivity contribution < 1.29 is 23.9 Å². The number of rotatable bonds is 6. The number of nitrogens with one attached hydrogen (secondary N) is 1. The van der Waals surface area contributed by atoms with Gasteiger partial charge < -0.3 is 14.8 Å². The van der Waals surface area contributed by atoms with Crippen LogP contribution in [0.1, 0.15) is 38.3 Å². The van der Waals surface area contributed by atoms with Crippen molar-refractivity contribution in [3.63, 3.8) is 0 Å². The number of aryl methyl sites for hydroxylation is 1. The summed E-state index contributed by atoms with van der Waals surface area (Å²) in [5.74, 6) is -0.858. The number of ether oxygens (including phenoxy) is 2. The molecule has 6 heteroatoms. The third-order valence-electron chi connectivity index (χ3n) is 4.16. The second kappa shape index (κ2) is 7.93. The van der Waals surface area contributed by atoms with Crippen LogP contribution in [-0.2, 0) is 27.3 Å². The maximum atomic E-state index is 12.3. The average Bonchev–Trinajstić information content (AvgIpc) is 2.66. The molecule has 0 radical (unpaired) electrons. The van der Waals surface area contributed by atoms with E-state index in [0.717, 1.165) is 16.8 Å². The van der Waals surface area contributed by atoms with E-state index in [-0.39, 0.29) is 18.3 Å². The number of methoxy groups -OCH3 is 1. The predicted octanol–water partition coefficient (Wildman–Crippen LogP) is 2.76. The molecule has 26 heavy (non-hydrogen) atoms. The maximum Gasteiger partial charge on any atom is 0.338 e. The normalized spacial score (nSPS) is 12.9. The van der Waals surface area contributed by atoms with Crippen LogP contribution in [0.25, 0.3) is 0 Å². The number of carbonyl (C=O) groups is 3. The molecule has 0 atom stereocenters. The number of carbonyl (C=O) groups excluding carboxylic acids is 3. The SMILES string of the molecule is COCc1ccc(C(=O)OCC(=O)c2ccc3c(c2)CCC(=O)N3)cc1. The molecule has 1 N–H and O–H groups in total. The molecule has 1 heterocycles. The van der Waals surface area contributed by atoms with Crippen molar-refractivity contribution in [1.29, 1.82) is 0 Å². The molecule has 2 aromatic carbocycles. The van der Waals surface area contributed by atoms with E-state index in [2.05, 4.69) is 5.32 Å². The zero-order valence-corrected chi connectivity index (χ0v) is 14.4. The second-order valence-corrected chi connectivity index (χ2v) is 6.05. The monoisotopic (exact) mass is 353 g/mol. The van der Waals surface area contributed by atoms with E-state index in [1.165, 1.54) is 0 Å². The largest absolute Gasteiger partial charge is 0.454 e. The van der Waals surface area contributed by atoms with Crippen LogP contribution in [0.5, 0.6) is 0 Å². The molecule has 0 aromatic heterocycles. The van der Waals surface area contributed by atoms with Gasteiger partial charge in [0, 0.05) is 24.8 Å². The highest BCUT2D eigenvalue weighted by Gasteiger charge is 2.17. The molecule has 0 bridgehead atoms. The van der Waals surface area contributed by atoms with E-state index in [1.54, 1.807) is 49.6 Å².